The Hall–Kier alpha value is -3.45. The number of rotatable bonds is 2. The van der Waals surface area contributed by atoms with Crippen LogP contribution in [0.2, 0.25) is 0 Å². The number of aliphatic imine (C=N–C) groups is 1. The Morgan fingerprint density at radius 2 is 2.12 bits per heavy atom. The molecule has 0 atom stereocenters. The number of guanidine groups is 1. The molecule has 0 radical (unpaired) electrons. The predicted molar refractivity (Wildman–Crippen MR) is 103 cm³/mol. The SMILES string of the molecule is O=C1NC(Nc2ccc3ncsc3c2)=NC1=Cc1ccc2occc2c1. The number of benzene rings is 2. The maximum absolute atomic E-state index is 12.2. The van der Waals surface area contributed by atoms with Crippen LogP contribution in [0.4, 0.5) is 5.69 Å². The van der Waals surface area contributed by atoms with Crippen LogP contribution in [0.25, 0.3) is 27.3 Å². The van der Waals surface area contributed by atoms with Crippen molar-refractivity contribution in [3.63, 3.8) is 0 Å². The molecule has 1 aliphatic heterocycles. The van der Waals surface area contributed by atoms with Crippen molar-refractivity contribution in [3.8, 4) is 0 Å². The first-order valence-electron chi connectivity index (χ1n) is 7.94. The van der Waals surface area contributed by atoms with Gasteiger partial charge in [-0.25, -0.2) is 9.98 Å². The van der Waals surface area contributed by atoms with E-state index in [2.05, 4.69) is 20.6 Å². The van der Waals surface area contributed by atoms with Gasteiger partial charge in [-0.3, -0.25) is 10.1 Å². The smallest absolute Gasteiger partial charge is 0.276 e. The molecule has 5 rings (SSSR count). The minimum atomic E-state index is -0.237. The number of hydrogen-bond acceptors (Lipinski definition) is 6. The van der Waals surface area contributed by atoms with Crippen LogP contribution < -0.4 is 10.6 Å². The molecule has 2 aromatic heterocycles. The first-order chi connectivity index (χ1) is 12.7. The van der Waals surface area contributed by atoms with Gasteiger partial charge in [0.2, 0.25) is 5.96 Å². The number of hydrogen-bond donors (Lipinski definition) is 2. The molecular weight excluding hydrogens is 348 g/mol. The number of nitrogens with one attached hydrogen (secondary N) is 2. The molecule has 1 amide bonds. The summed E-state index contributed by atoms with van der Waals surface area (Å²) in [4.78, 5) is 20.8. The van der Waals surface area contributed by atoms with Gasteiger partial charge in [0, 0.05) is 11.1 Å². The standard InChI is InChI=1S/C19H12N4O2S/c24-18-15(8-11-1-4-16-12(7-11)5-6-25-16)22-19(23-18)21-13-2-3-14-17(9-13)26-10-20-14/h1-10H,(H2,21,22,23,24). The van der Waals surface area contributed by atoms with E-state index in [1.165, 1.54) is 0 Å². The second-order valence-electron chi connectivity index (χ2n) is 5.82. The van der Waals surface area contributed by atoms with E-state index < -0.39 is 0 Å². The highest BCUT2D eigenvalue weighted by molar-refractivity contribution is 7.16. The van der Waals surface area contributed by atoms with Crippen molar-refractivity contribution in [2.45, 2.75) is 0 Å². The van der Waals surface area contributed by atoms with Crippen LogP contribution >= 0.6 is 11.3 Å². The van der Waals surface area contributed by atoms with Crippen molar-refractivity contribution < 1.29 is 9.21 Å². The summed E-state index contributed by atoms with van der Waals surface area (Å²) in [6, 6.07) is 13.4. The number of nitrogens with zero attached hydrogens (tertiary/aromatic N) is 2. The minimum absolute atomic E-state index is 0.237. The van der Waals surface area contributed by atoms with Crippen molar-refractivity contribution >= 4 is 56.2 Å². The van der Waals surface area contributed by atoms with Gasteiger partial charge in [0.05, 0.1) is 22.0 Å². The van der Waals surface area contributed by atoms with Crippen LogP contribution in [0.3, 0.4) is 0 Å². The molecule has 3 heterocycles. The number of thiazole rings is 1. The molecule has 4 aromatic rings. The fourth-order valence-corrected chi connectivity index (χ4v) is 3.55. The second-order valence-corrected chi connectivity index (χ2v) is 6.71. The lowest BCUT2D eigenvalue weighted by Gasteiger charge is -2.04. The van der Waals surface area contributed by atoms with E-state index in [1.807, 2.05) is 42.5 Å². The number of fused-ring (bicyclic) bond motifs is 2. The van der Waals surface area contributed by atoms with E-state index in [0.717, 1.165) is 32.4 Å². The van der Waals surface area contributed by atoms with Crippen LogP contribution in [0.5, 0.6) is 0 Å². The summed E-state index contributed by atoms with van der Waals surface area (Å²) in [5.74, 6) is 0.174. The Bertz CT molecular complexity index is 1220. The second kappa shape index (κ2) is 5.82. The van der Waals surface area contributed by atoms with Gasteiger partial charge < -0.3 is 9.73 Å². The minimum Gasteiger partial charge on any atom is -0.464 e. The Morgan fingerprint density at radius 3 is 3.08 bits per heavy atom. The third kappa shape index (κ3) is 2.64. The monoisotopic (exact) mass is 360 g/mol. The zero-order chi connectivity index (χ0) is 17.5. The molecule has 26 heavy (non-hydrogen) atoms. The molecule has 2 aromatic carbocycles. The summed E-state index contributed by atoms with van der Waals surface area (Å²) in [5, 5.41) is 6.87. The molecule has 0 saturated carbocycles. The van der Waals surface area contributed by atoms with Gasteiger partial charge in [-0.15, -0.1) is 11.3 Å². The Labute approximate surface area is 151 Å². The van der Waals surface area contributed by atoms with Gasteiger partial charge in [-0.1, -0.05) is 6.07 Å². The van der Waals surface area contributed by atoms with Crippen LogP contribution in [0, 0.1) is 0 Å². The van der Waals surface area contributed by atoms with Crippen LogP contribution in [-0.2, 0) is 4.79 Å². The molecule has 0 spiro atoms. The summed E-state index contributed by atoms with van der Waals surface area (Å²) >= 11 is 1.57. The Kier molecular flexibility index (Phi) is 3.32. The lowest BCUT2D eigenvalue weighted by atomic mass is 10.1. The zero-order valence-corrected chi connectivity index (χ0v) is 14.2. The van der Waals surface area contributed by atoms with Crippen LogP contribution in [-0.4, -0.2) is 16.9 Å². The van der Waals surface area contributed by atoms with E-state index >= 15 is 0 Å². The first-order valence-corrected chi connectivity index (χ1v) is 8.82. The van der Waals surface area contributed by atoms with Crippen molar-refractivity contribution in [1.29, 1.82) is 0 Å². The molecule has 0 bridgehead atoms. The van der Waals surface area contributed by atoms with Gasteiger partial charge in [0.25, 0.3) is 5.91 Å². The molecular formula is C19H12N4O2S. The van der Waals surface area contributed by atoms with Crippen LogP contribution in [0.15, 0.2) is 69.3 Å². The van der Waals surface area contributed by atoms with E-state index in [-0.39, 0.29) is 5.91 Å². The fraction of sp³-hybridized carbons (Fsp3) is 0. The lowest BCUT2D eigenvalue weighted by Crippen LogP contribution is -2.29. The van der Waals surface area contributed by atoms with Crippen LogP contribution in [0.1, 0.15) is 5.56 Å². The third-order valence-corrected chi connectivity index (χ3v) is 4.86. The number of amides is 1. The Balaban J connectivity index is 1.42. The molecule has 0 fully saturated rings. The van der Waals surface area contributed by atoms with E-state index in [9.17, 15) is 4.79 Å². The average Bonchev–Trinajstić information content (AvgIpc) is 3.35. The number of carbonyl (C=O) groups excluding carboxylic acids is 1. The number of carbonyl (C=O) groups is 1. The quantitative estimate of drug-likeness (QED) is 0.530. The summed E-state index contributed by atoms with van der Waals surface area (Å²) in [6.45, 7) is 0. The normalized spacial score (nSPS) is 15.6. The van der Waals surface area contributed by atoms with Crippen molar-refractivity contribution in [2.75, 3.05) is 5.32 Å². The molecule has 1 aliphatic rings. The largest absolute Gasteiger partial charge is 0.464 e. The zero-order valence-electron chi connectivity index (χ0n) is 13.4. The van der Waals surface area contributed by atoms with E-state index in [4.69, 9.17) is 4.42 Å². The van der Waals surface area contributed by atoms with Gasteiger partial charge >= 0.3 is 0 Å². The van der Waals surface area contributed by atoms with Crippen molar-refractivity contribution in [1.82, 2.24) is 10.3 Å². The summed E-state index contributed by atoms with van der Waals surface area (Å²) < 4.78 is 6.40. The Morgan fingerprint density at radius 1 is 1.15 bits per heavy atom. The van der Waals surface area contributed by atoms with E-state index in [0.29, 0.717) is 11.7 Å². The highest BCUT2D eigenvalue weighted by Gasteiger charge is 2.20. The third-order valence-electron chi connectivity index (χ3n) is 4.07. The molecule has 0 unspecified atom stereocenters. The van der Waals surface area contributed by atoms with E-state index in [1.54, 1.807) is 29.2 Å². The van der Waals surface area contributed by atoms with Crippen molar-refractivity contribution in [3.05, 3.63) is 65.5 Å². The van der Waals surface area contributed by atoms with Gasteiger partial charge in [0.1, 0.15) is 11.3 Å². The van der Waals surface area contributed by atoms with Gasteiger partial charge in [-0.05, 0) is 48.0 Å². The number of anilines is 1. The van der Waals surface area contributed by atoms with Gasteiger partial charge in [-0.2, -0.15) is 0 Å². The maximum atomic E-state index is 12.2. The molecule has 0 saturated heterocycles. The van der Waals surface area contributed by atoms with Crippen molar-refractivity contribution in [2.24, 2.45) is 4.99 Å². The highest BCUT2D eigenvalue weighted by Crippen LogP contribution is 2.23. The predicted octanol–water partition coefficient (Wildman–Crippen LogP) is 3.98. The summed E-state index contributed by atoms with van der Waals surface area (Å²) in [7, 11) is 0. The molecule has 126 valence electrons. The highest BCUT2D eigenvalue weighted by atomic mass is 32.1. The molecule has 2 N–H and O–H groups in total. The number of furan rings is 1. The first kappa shape index (κ1) is 14.9. The summed E-state index contributed by atoms with van der Waals surface area (Å²) in [6.07, 6.45) is 3.40. The lowest BCUT2D eigenvalue weighted by molar-refractivity contribution is -0.115. The molecule has 7 heteroatoms. The topological polar surface area (TPSA) is 79.5 Å². The number of aromatic nitrogens is 1. The summed E-state index contributed by atoms with van der Waals surface area (Å²) in [5.41, 5.74) is 5.66. The fourth-order valence-electron chi connectivity index (χ4n) is 2.83. The maximum Gasteiger partial charge on any atom is 0.276 e. The van der Waals surface area contributed by atoms with Gasteiger partial charge in [0.15, 0.2) is 0 Å². The average molecular weight is 360 g/mol. The molecule has 0 aliphatic carbocycles. The molecule has 6 nitrogen and oxygen atoms in total.